The molecule has 2 heterocycles. The molecule has 1 amide bonds. The Morgan fingerprint density at radius 1 is 1.00 bits per heavy atom. The standard InChI is InChI=1S/C23H25N3O4S/c1-18-7-9-20(10-8-18)31(28,29)26-15-13-25(14-16-26)23(27)12-11-22-24-17-21(30-22)19-5-3-2-4-6-19/h2-10,17H,11-16H2,1H3. The highest BCUT2D eigenvalue weighted by Crippen LogP contribution is 2.21. The molecular weight excluding hydrogens is 414 g/mol. The summed E-state index contributed by atoms with van der Waals surface area (Å²) >= 11 is 0. The number of rotatable bonds is 6. The molecular formula is C23H25N3O4S. The zero-order valence-corrected chi connectivity index (χ0v) is 18.2. The van der Waals surface area contributed by atoms with Crippen LogP contribution in [-0.4, -0.2) is 54.7 Å². The summed E-state index contributed by atoms with van der Waals surface area (Å²) in [4.78, 5) is 18.9. The second-order valence-corrected chi connectivity index (χ2v) is 9.52. The number of aromatic nitrogens is 1. The van der Waals surface area contributed by atoms with Crippen LogP contribution < -0.4 is 0 Å². The number of nitrogens with zero attached hydrogens (tertiary/aromatic N) is 3. The van der Waals surface area contributed by atoms with E-state index in [-0.39, 0.29) is 17.2 Å². The van der Waals surface area contributed by atoms with Gasteiger partial charge in [0.15, 0.2) is 11.7 Å². The molecule has 4 rings (SSSR count). The van der Waals surface area contributed by atoms with E-state index >= 15 is 0 Å². The zero-order valence-electron chi connectivity index (χ0n) is 17.4. The SMILES string of the molecule is Cc1ccc(S(=O)(=O)N2CCN(C(=O)CCc3ncc(-c4ccccc4)o3)CC2)cc1. The summed E-state index contributed by atoms with van der Waals surface area (Å²) < 4.78 is 32.8. The molecule has 1 aliphatic rings. The van der Waals surface area contributed by atoms with Crippen molar-refractivity contribution in [1.29, 1.82) is 0 Å². The third-order valence-corrected chi connectivity index (χ3v) is 7.33. The van der Waals surface area contributed by atoms with Gasteiger partial charge in [-0.2, -0.15) is 4.31 Å². The molecule has 7 nitrogen and oxygen atoms in total. The second-order valence-electron chi connectivity index (χ2n) is 7.58. The fourth-order valence-corrected chi connectivity index (χ4v) is 4.99. The molecule has 1 fully saturated rings. The van der Waals surface area contributed by atoms with Crippen molar-refractivity contribution in [3.05, 3.63) is 72.2 Å². The van der Waals surface area contributed by atoms with Crippen LogP contribution in [0.5, 0.6) is 0 Å². The van der Waals surface area contributed by atoms with Crippen LogP contribution >= 0.6 is 0 Å². The molecule has 1 aromatic heterocycles. The first-order chi connectivity index (χ1) is 14.9. The van der Waals surface area contributed by atoms with E-state index in [1.54, 1.807) is 35.4 Å². The average Bonchev–Trinajstić information content (AvgIpc) is 3.27. The number of piperazine rings is 1. The van der Waals surface area contributed by atoms with Gasteiger partial charge in [-0.25, -0.2) is 13.4 Å². The van der Waals surface area contributed by atoms with Gasteiger partial charge in [-0.15, -0.1) is 0 Å². The number of hydrogen-bond donors (Lipinski definition) is 0. The molecule has 0 N–H and O–H groups in total. The molecule has 0 bridgehead atoms. The molecule has 2 aromatic carbocycles. The van der Waals surface area contributed by atoms with Crippen molar-refractivity contribution in [3.63, 3.8) is 0 Å². The second kappa shape index (κ2) is 9.03. The predicted octanol–water partition coefficient (Wildman–Crippen LogP) is 3.12. The molecule has 1 aliphatic heterocycles. The Kier molecular flexibility index (Phi) is 6.20. The molecule has 31 heavy (non-hydrogen) atoms. The Balaban J connectivity index is 1.30. The van der Waals surface area contributed by atoms with E-state index in [4.69, 9.17) is 4.42 Å². The number of benzene rings is 2. The van der Waals surface area contributed by atoms with E-state index in [9.17, 15) is 13.2 Å². The molecule has 8 heteroatoms. The molecule has 0 spiro atoms. The first kappa shape index (κ1) is 21.3. The number of hydrogen-bond acceptors (Lipinski definition) is 5. The highest BCUT2D eigenvalue weighted by molar-refractivity contribution is 7.89. The minimum atomic E-state index is -3.54. The van der Waals surface area contributed by atoms with Crippen LogP contribution in [-0.2, 0) is 21.2 Å². The van der Waals surface area contributed by atoms with Gasteiger partial charge in [-0.3, -0.25) is 4.79 Å². The quantitative estimate of drug-likeness (QED) is 0.589. The minimum Gasteiger partial charge on any atom is -0.441 e. The number of sulfonamides is 1. The Hall–Kier alpha value is -2.97. The van der Waals surface area contributed by atoms with Crippen molar-refractivity contribution in [2.75, 3.05) is 26.2 Å². The van der Waals surface area contributed by atoms with Crippen LogP contribution in [0.4, 0.5) is 0 Å². The third kappa shape index (κ3) is 4.86. The van der Waals surface area contributed by atoms with Crippen LogP contribution in [0.3, 0.4) is 0 Å². The summed E-state index contributed by atoms with van der Waals surface area (Å²) in [5, 5.41) is 0. The minimum absolute atomic E-state index is 0.0214. The van der Waals surface area contributed by atoms with E-state index < -0.39 is 10.0 Å². The Bertz CT molecular complexity index is 1130. The lowest BCUT2D eigenvalue weighted by molar-refractivity contribution is -0.132. The largest absolute Gasteiger partial charge is 0.441 e. The average molecular weight is 440 g/mol. The summed E-state index contributed by atoms with van der Waals surface area (Å²) in [6.07, 6.45) is 2.36. The van der Waals surface area contributed by atoms with Crippen molar-refractivity contribution in [1.82, 2.24) is 14.2 Å². The number of aryl methyl sites for hydroxylation is 2. The molecule has 3 aromatic rings. The Morgan fingerprint density at radius 3 is 2.35 bits per heavy atom. The lowest BCUT2D eigenvalue weighted by Crippen LogP contribution is -2.50. The van der Waals surface area contributed by atoms with Gasteiger partial charge < -0.3 is 9.32 Å². The number of carbonyl (C=O) groups is 1. The molecule has 0 aliphatic carbocycles. The fraction of sp³-hybridized carbons (Fsp3) is 0.304. The summed E-state index contributed by atoms with van der Waals surface area (Å²) in [5.41, 5.74) is 1.95. The molecule has 0 atom stereocenters. The van der Waals surface area contributed by atoms with Gasteiger partial charge in [0.2, 0.25) is 15.9 Å². The normalized spacial score (nSPS) is 15.2. The monoisotopic (exact) mass is 439 g/mol. The Labute approximate surface area is 182 Å². The first-order valence-electron chi connectivity index (χ1n) is 10.3. The van der Waals surface area contributed by atoms with Gasteiger partial charge in [-0.1, -0.05) is 48.0 Å². The zero-order chi connectivity index (χ0) is 21.8. The number of carbonyl (C=O) groups excluding carboxylic acids is 1. The van der Waals surface area contributed by atoms with Gasteiger partial charge >= 0.3 is 0 Å². The summed E-state index contributed by atoms with van der Waals surface area (Å²) in [6.45, 7) is 3.26. The van der Waals surface area contributed by atoms with Crippen molar-refractivity contribution < 1.29 is 17.6 Å². The molecule has 0 radical (unpaired) electrons. The first-order valence-corrected chi connectivity index (χ1v) is 11.7. The van der Waals surface area contributed by atoms with Crippen molar-refractivity contribution >= 4 is 15.9 Å². The fourth-order valence-electron chi connectivity index (χ4n) is 3.57. The van der Waals surface area contributed by atoms with Crippen LogP contribution in [0.2, 0.25) is 0 Å². The van der Waals surface area contributed by atoms with Gasteiger partial charge in [0, 0.05) is 44.6 Å². The molecule has 0 unspecified atom stereocenters. The Morgan fingerprint density at radius 2 is 1.68 bits per heavy atom. The maximum Gasteiger partial charge on any atom is 0.243 e. The van der Waals surface area contributed by atoms with Crippen LogP contribution in [0, 0.1) is 6.92 Å². The van der Waals surface area contributed by atoms with Crippen LogP contribution in [0.25, 0.3) is 11.3 Å². The van der Waals surface area contributed by atoms with Crippen LogP contribution in [0.1, 0.15) is 17.9 Å². The van der Waals surface area contributed by atoms with Crippen molar-refractivity contribution in [2.45, 2.75) is 24.7 Å². The predicted molar refractivity (Wildman–Crippen MR) is 117 cm³/mol. The summed E-state index contributed by atoms with van der Waals surface area (Å²) in [7, 11) is -3.54. The van der Waals surface area contributed by atoms with E-state index in [2.05, 4.69) is 4.98 Å². The van der Waals surface area contributed by atoms with E-state index in [1.165, 1.54) is 4.31 Å². The van der Waals surface area contributed by atoms with Gasteiger partial charge in [0.05, 0.1) is 11.1 Å². The number of amides is 1. The van der Waals surface area contributed by atoms with Crippen molar-refractivity contribution in [3.8, 4) is 11.3 Å². The smallest absolute Gasteiger partial charge is 0.243 e. The maximum absolute atomic E-state index is 12.8. The lowest BCUT2D eigenvalue weighted by atomic mass is 10.2. The van der Waals surface area contributed by atoms with Gasteiger partial charge in [-0.05, 0) is 19.1 Å². The third-order valence-electron chi connectivity index (χ3n) is 5.41. The highest BCUT2D eigenvalue weighted by atomic mass is 32.2. The van der Waals surface area contributed by atoms with E-state index in [0.29, 0.717) is 44.3 Å². The van der Waals surface area contributed by atoms with Crippen molar-refractivity contribution in [2.24, 2.45) is 0 Å². The lowest BCUT2D eigenvalue weighted by Gasteiger charge is -2.34. The molecule has 1 saturated heterocycles. The van der Waals surface area contributed by atoms with Crippen LogP contribution in [0.15, 0.2) is 70.1 Å². The highest BCUT2D eigenvalue weighted by Gasteiger charge is 2.30. The van der Waals surface area contributed by atoms with Gasteiger partial charge in [0.25, 0.3) is 0 Å². The molecule has 162 valence electrons. The maximum atomic E-state index is 12.8. The topological polar surface area (TPSA) is 83.7 Å². The summed E-state index contributed by atoms with van der Waals surface area (Å²) in [6, 6.07) is 16.5. The van der Waals surface area contributed by atoms with Gasteiger partial charge in [0.1, 0.15) is 0 Å². The van der Waals surface area contributed by atoms with E-state index in [0.717, 1.165) is 11.1 Å². The summed E-state index contributed by atoms with van der Waals surface area (Å²) in [5.74, 6) is 1.18. The molecule has 0 saturated carbocycles. The van der Waals surface area contributed by atoms with E-state index in [1.807, 2.05) is 37.3 Å². The number of oxazole rings is 1.